The standard InChI is InChI=1S/C44H38O3.C44H38O2/c1-29(2)27-42(45)39-28-32(31-15-13-30(3)14-16-31)17-26-43(39)47-36-24-20-34(21-25-36)44(33-18-22-35(46-4)23-19-33)40-11-7-5-9-37(40)38-10-6-8-12-41(38)44;1-30(2)13-16-34-29-33(32-17-14-31(3)15-18-32)19-28-43(34)46-38-26-22-36(23-27-38)44(35-20-24-37(45-4)25-21-35)41-11-7-5-9-39(41)40-10-6-8-12-42(40)44/h5-28,42,45H,1-4H3;5-15,17-29H,16H2,1-4H3. The summed E-state index contributed by atoms with van der Waals surface area (Å²) in [5.41, 5.74) is 25.0. The normalized spacial score (nSPS) is 13.0. The van der Waals surface area contributed by atoms with E-state index in [0.717, 1.165) is 62.8 Å². The van der Waals surface area contributed by atoms with Crippen molar-refractivity contribution < 1.29 is 24.1 Å². The van der Waals surface area contributed by atoms with Crippen molar-refractivity contribution in [3.63, 3.8) is 0 Å². The van der Waals surface area contributed by atoms with Crippen LogP contribution in [0.25, 0.3) is 44.5 Å². The van der Waals surface area contributed by atoms with Crippen molar-refractivity contribution in [3.8, 4) is 79.0 Å². The topological polar surface area (TPSA) is 57.2 Å². The molecule has 0 bridgehead atoms. The predicted octanol–water partition coefficient (Wildman–Crippen LogP) is 22.2. The average Bonchev–Trinajstić information content (AvgIpc) is 1.57. The van der Waals surface area contributed by atoms with Crippen LogP contribution in [0.4, 0.5) is 0 Å². The molecule has 1 atom stereocenters. The third kappa shape index (κ3) is 11.8. The van der Waals surface area contributed by atoms with E-state index in [2.05, 4.69) is 276 Å². The molecular weight excluding hydrogens is 1140 g/mol. The maximum absolute atomic E-state index is 11.3. The number of hydrogen-bond donors (Lipinski definition) is 1. The second kappa shape index (κ2) is 26.2. The van der Waals surface area contributed by atoms with Gasteiger partial charge in [-0.05, 0) is 215 Å². The molecule has 5 heteroatoms. The third-order valence-corrected chi connectivity index (χ3v) is 18.4. The van der Waals surface area contributed by atoms with E-state index in [1.807, 2.05) is 56.3 Å². The Kier molecular flexibility index (Phi) is 17.3. The minimum atomic E-state index is -0.801. The molecule has 0 amide bonds. The van der Waals surface area contributed by atoms with Crippen molar-refractivity contribution in [1.82, 2.24) is 0 Å². The van der Waals surface area contributed by atoms with Gasteiger partial charge in [0.15, 0.2) is 0 Å². The molecule has 458 valence electrons. The fraction of sp³-hybridized carbons (Fsp3) is 0.136. The average molecular weight is 1210 g/mol. The van der Waals surface area contributed by atoms with Gasteiger partial charge < -0.3 is 24.1 Å². The van der Waals surface area contributed by atoms with Crippen LogP contribution in [-0.2, 0) is 17.3 Å². The minimum Gasteiger partial charge on any atom is -0.497 e. The number of fused-ring (bicyclic) bond motifs is 6. The highest BCUT2D eigenvalue weighted by Crippen LogP contribution is 2.58. The smallest absolute Gasteiger partial charge is 0.133 e. The van der Waals surface area contributed by atoms with E-state index in [0.29, 0.717) is 11.5 Å². The zero-order valence-electron chi connectivity index (χ0n) is 54.1. The van der Waals surface area contributed by atoms with Crippen LogP contribution in [-0.4, -0.2) is 19.3 Å². The third-order valence-electron chi connectivity index (χ3n) is 18.4. The van der Waals surface area contributed by atoms with Crippen LogP contribution < -0.4 is 18.9 Å². The van der Waals surface area contributed by atoms with Crippen molar-refractivity contribution in [2.75, 3.05) is 14.2 Å². The van der Waals surface area contributed by atoms with Gasteiger partial charge in [0.25, 0.3) is 0 Å². The van der Waals surface area contributed by atoms with Gasteiger partial charge in [0.2, 0.25) is 0 Å². The lowest BCUT2D eigenvalue weighted by molar-refractivity contribution is 0.223. The van der Waals surface area contributed by atoms with E-state index in [4.69, 9.17) is 18.9 Å². The van der Waals surface area contributed by atoms with Crippen molar-refractivity contribution >= 4 is 0 Å². The maximum Gasteiger partial charge on any atom is 0.133 e. The van der Waals surface area contributed by atoms with Crippen LogP contribution in [0.15, 0.2) is 302 Å². The van der Waals surface area contributed by atoms with Crippen molar-refractivity contribution in [2.24, 2.45) is 0 Å². The second-order valence-corrected chi connectivity index (χ2v) is 24.9. The van der Waals surface area contributed by atoms with Gasteiger partial charge in [-0.25, -0.2) is 0 Å². The van der Waals surface area contributed by atoms with Crippen LogP contribution in [0.1, 0.15) is 101 Å². The molecule has 12 aromatic rings. The largest absolute Gasteiger partial charge is 0.497 e. The summed E-state index contributed by atoms with van der Waals surface area (Å²) in [6, 6.07) is 98.8. The Morgan fingerprint density at radius 3 is 1.06 bits per heavy atom. The first-order valence-electron chi connectivity index (χ1n) is 32.0. The first kappa shape index (κ1) is 61.2. The van der Waals surface area contributed by atoms with E-state index in [-0.39, 0.29) is 0 Å². The van der Waals surface area contributed by atoms with E-state index < -0.39 is 16.9 Å². The van der Waals surface area contributed by atoms with Gasteiger partial charge in [-0.2, -0.15) is 0 Å². The van der Waals surface area contributed by atoms with Crippen LogP contribution in [0, 0.1) is 13.8 Å². The summed E-state index contributed by atoms with van der Waals surface area (Å²) in [7, 11) is 3.41. The number of allylic oxidation sites excluding steroid dienone is 3. The lowest BCUT2D eigenvalue weighted by Crippen LogP contribution is -2.28. The number of aliphatic hydroxyl groups excluding tert-OH is 1. The number of rotatable bonds is 16. The van der Waals surface area contributed by atoms with Crippen LogP contribution in [0.2, 0.25) is 0 Å². The fourth-order valence-corrected chi connectivity index (χ4v) is 13.8. The van der Waals surface area contributed by atoms with Crippen molar-refractivity contribution in [1.29, 1.82) is 0 Å². The molecule has 0 heterocycles. The number of methoxy groups -OCH3 is 2. The van der Waals surface area contributed by atoms with Crippen LogP contribution in [0.5, 0.6) is 34.5 Å². The number of hydrogen-bond acceptors (Lipinski definition) is 5. The van der Waals surface area contributed by atoms with Crippen LogP contribution >= 0.6 is 0 Å². The summed E-state index contributed by atoms with van der Waals surface area (Å²) in [5.74, 6) is 4.69. The van der Waals surface area contributed by atoms with Gasteiger partial charge in [0, 0.05) is 5.56 Å². The number of aliphatic hydroxyl groups is 1. The minimum absolute atomic E-state index is 0.470. The second-order valence-electron chi connectivity index (χ2n) is 24.9. The molecule has 0 aliphatic heterocycles. The van der Waals surface area contributed by atoms with E-state index >= 15 is 0 Å². The summed E-state index contributed by atoms with van der Waals surface area (Å²) in [5, 5.41) is 11.3. The molecule has 93 heavy (non-hydrogen) atoms. The SMILES string of the molecule is COc1ccc(C2(c3ccc(Oc4ccc(-c5ccc(C)cc5)cc4C(O)C=C(C)C)cc3)c3ccccc3-c3ccccc32)cc1.COc1ccc(C2(c3ccc(Oc4ccc(-c5ccc(C)cc5)cc4CC=C(C)C)cc3)c3ccccc3-c3ccccc32)cc1. The quantitative estimate of drug-likeness (QED) is 0.0977. The molecule has 0 aromatic heterocycles. The maximum atomic E-state index is 11.3. The van der Waals surface area contributed by atoms with Crippen molar-refractivity contribution in [2.45, 2.75) is 64.9 Å². The molecule has 5 nitrogen and oxygen atoms in total. The number of ether oxygens (including phenoxy) is 4. The summed E-state index contributed by atoms with van der Waals surface area (Å²) in [6.07, 6.45) is 4.13. The predicted molar refractivity (Wildman–Crippen MR) is 381 cm³/mol. The molecule has 0 fully saturated rings. The summed E-state index contributed by atoms with van der Waals surface area (Å²) < 4.78 is 24.2. The van der Waals surface area contributed by atoms with Gasteiger partial charge in [0.05, 0.1) is 25.0 Å². The van der Waals surface area contributed by atoms with Gasteiger partial charge in [-0.3, -0.25) is 0 Å². The first-order valence-corrected chi connectivity index (χ1v) is 32.0. The fourth-order valence-electron chi connectivity index (χ4n) is 13.8. The Hall–Kier alpha value is -10.7. The molecular formula is C88H76O5. The lowest BCUT2D eigenvalue weighted by Gasteiger charge is -2.34. The van der Waals surface area contributed by atoms with E-state index in [9.17, 15) is 5.11 Å². The molecule has 14 rings (SSSR count). The molecule has 2 aliphatic rings. The molecule has 0 spiro atoms. The number of benzene rings is 12. The Morgan fingerprint density at radius 2 is 0.699 bits per heavy atom. The molecule has 12 aromatic carbocycles. The zero-order chi connectivity index (χ0) is 64.2. The lowest BCUT2D eigenvalue weighted by atomic mass is 9.68. The van der Waals surface area contributed by atoms with Gasteiger partial charge >= 0.3 is 0 Å². The molecule has 2 aliphatic carbocycles. The molecule has 1 N–H and O–H groups in total. The van der Waals surface area contributed by atoms with Crippen molar-refractivity contribution in [3.05, 3.63) is 369 Å². The molecule has 0 saturated carbocycles. The summed E-state index contributed by atoms with van der Waals surface area (Å²) >= 11 is 0. The highest BCUT2D eigenvalue weighted by molar-refractivity contribution is 5.88. The zero-order valence-corrected chi connectivity index (χ0v) is 54.1. The summed E-state index contributed by atoms with van der Waals surface area (Å²) in [6.45, 7) is 12.5. The number of aryl methyl sites for hydroxylation is 2. The Labute approximate surface area is 548 Å². The van der Waals surface area contributed by atoms with Gasteiger partial charge in [-0.1, -0.05) is 241 Å². The van der Waals surface area contributed by atoms with Gasteiger partial charge in [-0.15, -0.1) is 0 Å². The molecule has 0 saturated heterocycles. The Morgan fingerprint density at radius 1 is 0.366 bits per heavy atom. The Balaban J connectivity index is 0.000000169. The van der Waals surface area contributed by atoms with E-state index in [1.54, 1.807) is 14.2 Å². The summed E-state index contributed by atoms with van der Waals surface area (Å²) in [4.78, 5) is 0. The van der Waals surface area contributed by atoms with E-state index in [1.165, 1.54) is 89.0 Å². The molecule has 0 radical (unpaired) electrons. The first-order chi connectivity index (χ1) is 45.3. The Bertz CT molecular complexity index is 4610. The monoisotopic (exact) mass is 1210 g/mol. The van der Waals surface area contributed by atoms with Gasteiger partial charge in [0.1, 0.15) is 40.6 Å². The van der Waals surface area contributed by atoms with Crippen LogP contribution in [0.3, 0.4) is 0 Å². The highest BCUT2D eigenvalue weighted by atomic mass is 16.5. The molecule has 1 unspecified atom stereocenters. The highest BCUT2D eigenvalue weighted by Gasteiger charge is 2.47.